The second-order valence-electron chi connectivity index (χ2n) is 3.53. The average Bonchev–Trinajstić information content (AvgIpc) is 2.76. The van der Waals surface area contributed by atoms with Crippen LogP contribution in [0.1, 0.15) is 24.8 Å². The first-order valence-electron chi connectivity index (χ1n) is 4.70. The Labute approximate surface area is 92.0 Å². The van der Waals surface area contributed by atoms with Gasteiger partial charge in [0.1, 0.15) is 0 Å². The van der Waals surface area contributed by atoms with Gasteiger partial charge in [-0.2, -0.15) is 0 Å². The fourth-order valence-electron chi connectivity index (χ4n) is 1.63. The number of thiophene rings is 1. The third-order valence-corrected chi connectivity index (χ3v) is 3.52. The number of rotatable bonds is 2. The van der Waals surface area contributed by atoms with Crippen LogP contribution in [0.2, 0.25) is 0 Å². The molecule has 78 valence electrons. The van der Waals surface area contributed by atoms with Gasteiger partial charge in [0.25, 0.3) is 11.8 Å². The Kier molecular flexibility index (Phi) is 2.44. The largest absolute Gasteiger partial charge is 0.269 e. The van der Waals surface area contributed by atoms with E-state index in [2.05, 4.69) is 0 Å². The van der Waals surface area contributed by atoms with E-state index in [1.807, 2.05) is 24.4 Å². The molecule has 0 spiro atoms. The smallest absolute Gasteiger partial charge is 0.257 e. The number of hydrogen-bond acceptors (Lipinski definition) is 3. The molecule has 2 heterocycles. The highest BCUT2D eigenvalue weighted by Crippen LogP contribution is 2.28. The molecule has 2 amide bonds. The summed E-state index contributed by atoms with van der Waals surface area (Å²) >= 11 is 1.55. The number of nitrogens with zero attached hydrogens (tertiary/aromatic N) is 1. The van der Waals surface area contributed by atoms with E-state index in [0.29, 0.717) is 5.57 Å². The second kappa shape index (κ2) is 3.62. The van der Waals surface area contributed by atoms with Gasteiger partial charge in [0.15, 0.2) is 0 Å². The van der Waals surface area contributed by atoms with Crippen LogP contribution < -0.4 is 0 Å². The Balaban J connectivity index is 2.27. The maximum atomic E-state index is 11.7. The monoisotopic (exact) mass is 221 g/mol. The molecule has 0 fully saturated rings. The predicted molar refractivity (Wildman–Crippen MR) is 58.3 cm³/mol. The zero-order chi connectivity index (χ0) is 11.0. The molecule has 4 heteroatoms. The summed E-state index contributed by atoms with van der Waals surface area (Å²) < 4.78 is 0. The van der Waals surface area contributed by atoms with E-state index in [-0.39, 0.29) is 17.9 Å². The van der Waals surface area contributed by atoms with E-state index in [4.69, 9.17) is 0 Å². The van der Waals surface area contributed by atoms with E-state index in [1.165, 1.54) is 11.0 Å². The Morgan fingerprint density at radius 2 is 2.13 bits per heavy atom. The Hall–Kier alpha value is -1.42. The Morgan fingerprint density at radius 1 is 1.40 bits per heavy atom. The molecular weight excluding hydrogens is 210 g/mol. The molecule has 0 N–H and O–H groups in total. The molecule has 3 nitrogen and oxygen atoms in total. The van der Waals surface area contributed by atoms with Crippen molar-refractivity contribution < 1.29 is 9.59 Å². The lowest BCUT2D eigenvalue weighted by Crippen LogP contribution is -2.33. The second-order valence-corrected chi connectivity index (χ2v) is 4.51. The molecule has 1 atom stereocenters. The first kappa shape index (κ1) is 10.1. The van der Waals surface area contributed by atoms with Crippen LogP contribution in [-0.4, -0.2) is 16.7 Å². The molecule has 2 rings (SSSR count). The normalized spacial score (nSPS) is 18.3. The van der Waals surface area contributed by atoms with E-state index < -0.39 is 0 Å². The maximum Gasteiger partial charge on any atom is 0.257 e. The summed E-state index contributed by atoms with van der Waals surface area (Å²) in [6, 6.07) is 3.68. The zero-order valence-corrected chi connectivity index (χ0v) is 9.38. The van der Waals surface area contributed by atoms with Gasteiger partial charge in [-0.25, -0.2) is 0 Å². The van der Waals surface area contributed by atoms with Crippen molar-refractivity contribution in [3.05, 3.63) is 34.0 Å². The molecule has 1 aromatic rings. The predicted octanol–water partition coefficient (Wildman–Crippen LogP) is 2.12. The van der Waals surface area contributed by atoms with Crippen LogP contribution in [-0.2, 0) is 9.59 Å². The Bertz CT molecular complexity index is 433. The van der Waals surface area contributed by atoms with Gasteiger partial charge in [-0.05, 0) is 25.3 Å². The van der Waals surface area contributed by atoms with Gasteiger partial charge in [-0.3, -0.25) is 14.5 Å². The van der Waals surface area contributed by atoms with Crippen LogP contribution in [0.25, 0.3) is 0 Å². The summed E-state index contributed by atoms with van der Waals surface area (Å²) in [5.74, 6) is -0.390. The average molecular weight is 221 g/mol. The van der Waals surface area contributed by atoms with Gasteiger partial charge in [0.2, 0.25) is 0 Å². The first-order chi connectivity index (χ1) is 7.11. The molecule has 0 saturated heterocycles. The minimum Gasteiger partial charge on any atom is -0.269 e. The molecule has 1 aliphatic rings. The van der Waals surface area contributed by atoms with Crippen molar-refractivity contribution in [2.24, 2.45) is 0 Å². The topological polar surface area (TPSA) is 37.4 Å². The zero-order valence-electron chi connectivity index (χ0n) is 8.56. The lowest BCUT2D eigenvalue weighted by molar-refractivity contribution is -0.139. The van der Waals surface area contributed by atoms with Crippen LogP contribution in [0.5, 0.6) is 0 Å². The van der Waals surface area contributed by atoms with Crippen LogP contribution >= 0.6 is 11.3 Å². The highest BCUT2D eigenvalue weighted by atomic mass is 32.1. The van der Waals surface area contributed by atoms with Crippen molar-refractivity contribution in [2.45, 2.75) is 19.9 Å². The number of carbonyl (C=O) groups is 2. The molecule has 0 bridgehead atoms. The molecular formula is C11H11NO2S. The first-order valence-corrected chi connectivity index (χ1v) is 5.58. The molecule has 0 aliphatic carbocycles. The quantitative estimate of drug-likeness (QED) is 0.717. The maximum absolute atomic E-state index is 11.7. The minimum atomic E-state index is -0.210. The van der Waals surface area contributed by atoms with Crippen molar-refractivity contribution in [3.8, 4) is 0 Å². The van der Waals surface area contributed by atoms with Crippen LogP contribution in [0, 0.1) is 0 Å². The van der Waals surface area contributed by atoms with Crippen molar-refractivity contribution in [3.63, 3.8) is 0 Å². The van der Waals surface area contributed by atoms with Crippen molar-refractivity contribution in [1.82, 2.24) is 4.90 Å². The highest BCUT2D eigenvalue weighted by Gasteiger charge is 2.33. The number of carbonyl (C=O) groups excluding carboxylic acids is 2. The highest BCUT2D eigenvalue weighted by molar-refractivity contribution is 7.10. The molecule has 0 radical (unpaired) electrons. The number of amides is 2. The summed E-state index contributed by atoms with van der Waals surface area (Å²) in [7, 11) is 0. The summed E-state index contributed by atoms with van der Waals surface area (Å²) in [6.45, 7) is 3.54. The van der Waals surface area contributed by atoms with Crippen molar-refractivity contribution >= 4 is 23.2 Å². The number of hydrogen-bond donors (Lipinski definition) is 0. The lowest BCUT2D eigenvalue weighted by atomic mass is 10.2. The summed E-state index contributed by atoms with van der Waals surface area (Å²) in [5.41, 5.74) is 0.517. The van der Waals surface area contributed by atoms with E-state index in [1.54, 1.807) is 18.3 Å². The summed E-state index contributed by atoms with van der Waals surface area (Å²) in [4.78, 5) is 25.6. The fraction of sp³-hybridized carbons (Fsp3) is 0.273. The number of imide groups is 1. The van der Waals surface area contributed by atoms with E-state index in [9.17, 15) is 9.59 Å². The van der Waals surface area contributed by atoms with Crippen molar-refractivity contribution in [2.75, 3.05) is 0 Å². The van der Waals surface area contributed by atoms with Crippen LogP contribution in [0.3, 0.4) is 0 Å². The van der Waals surface area contributed by atoms with Gasteiger partial charge in [0.05, 0.1) is 6.04 Å². The molecule has 1 aromatic heterocycles. The van der Waals surface area contributed by atoms with Gasteiger partial charge < -0.3 is 0 Å². The van der Waals surface area contributed by atoms with Gasteiger partial charge in [0, 0.05) is 16.5 Å². The molecule has 0 aromatic carbocycles. The summed E-state index contributed by atoms with van der Waals surface area (Å²) in [6.07, 6.45) is 1.40. The minimum absolute atomic E-state index is 0.168. The summed E-state index contributed by atoms with van der Waals surface area (Å²) in [5, 5.41) is 1.94. The Morgan fingerprint density at radius 3 is 2.60 bits per heavy atom. The third-order valence-electron chi connectivity index (χ3n) is 2.48. The van der Waals surface area contributed by atoms with Crippen LogP contribution in [0.4, 0.5) is 0 Å². The SMILES string of the molecule is CC1=CC(=O)N(C(C)c2cccs2)C1=O. The molecule has 1 aliphatic heterocycles. The third kappa shape index (κ3) is 1.61. The molecule has 0 saturated carbocycles. The van der Waals surface area contributed by atoms with Crippen LogP contribution in [0.15, 0.2) is 29.2 Å². The lowest BCUT2D eigenvalue weighted by Gasteiger charge is -2.21. The molecule has 1 unspecified atom stereocenters. The van der Waals surface area contributed by atoms with Gasteiger partial charge in [-0.15, -0.1) is 11.3 Å². The van der Waals surface area contributed by atoms with E-state index in [0.717, 1.165) is 4.88 Å². The standard InChI is InChI=1S/C11H11NO2S/c1-7-6-10(13)12(11(7)14)8(2)9-4-3-5-15-9/h3-6,8H,1-2H3. The molecule has 15 heavy (non-hydrogen) atoms. The van der Waals surface area contributed by atoms with Crippen molar-refractivity contribution in [1.29, 1.82) is 0 Å². The van der Waals surface area contributed by atoms with E-state index >= 15 is 0 Å². The fourth-order valence-corrected chi connectivity index (χ4v) is 2.40. The van der Waals surface area contributed by atoms with Gasteiger partial charge >= 0.3 is 0 Å². The van der Waals surface area contributed by atoms with Gasteiger partial charge in [-0.1, -0.05) is 6.07 Å².